The lowest BCUT2D eigenvalue weighted by molar-refractivity contribution is 0.0944. The molecular weight excluding hydrogens is 352 g/mol. The second kappa shape index (κ2) is 8.99. The third kappa shape index (κ3) is 4.46. The summed E-state index contributed by atoms with van der Waals surface area (Å²) in [6, 6.07) is 17.2. The molecule has 0 aliphatic heterocycles. The number of methoxy groups -OCH3 is 1. The summed E-state index contributed by atoms with van der Waals surface area (Å²) < 4.78 is 5.30. The van der Waals surface area contributed by atoms with E-state index in [0.29, 0.717) is 12.4 Å². The number of rotatable bonds is 7. The van der Waals surface area contributed by atoms with Crippen LogP contribution in [0, 0.1) is 6.92 Å². The number of carbonyl (C=O) groups excluding carboxylic acids is 1. The van der Waals surface area contributed by atoms with Crippen molar-refractivity contribution < 1.29 is 9.53 Å². The number of nitrogens with zero attached hydrogens (tertiary/aromatic N) is 2. The molecule has 0 spiro atoms. The Balaban J connectivity index is 1.66. The van der Waals surface area contributed by atoms with E-state index in [0.717, 1.165) is 29.0 Å². The summed E-state index contributed by atoms with van der Waals surface area (Å²) in [6.07, 6.45) is 0.918. The highest BCUT2D eigenvalue weighted by atomic mass is 16.5. The molecule has 2 N–H and O–H groups in total. The number of hydrogen-bond acceptors (Lipinski definition) is 5. The second-order valence-electron chi connectivity index (χ2n) is 6.39. The van der Waals surface area contributed by atoms with E-state index in [9.17, 15) is 4.79 Å². The second-order valence-corrected chi connectivity index (χ2v) is 6.39. The highest BCUT2D eigenvalue weighted by Gasteiger charge is 2.11. The largest absolute Gasteiger partial charge is 0.496 e. The van der Waals surface area contributed by atoms with Gasteiger partial charge in [-0.15, -0.1) is 10.2 Å². The summed E-state index contributed by atoms with van der Waals surface area (Å²) in [5, 5.41) is 14.4. The third-order valence-corrected chi connectivity index (χ3v) is 4.52. The number of ether oxygens (including phenoxy) is 1. The van der Waals surface area contributed by atoms with Crippen LogP contribution in [0.5, 0.6) is 5.75 Å². The molecule has 0 saturated heterocycles. The minimum absolute atomic E-state index is 0.265. The maximum absolute atomic E-state index is 12.4. The topological polar surface area (TPSA) is 76.1 Å². The van der Waals surface area contributed by atoms with Gasteiger partial charge in [0.05, 0.1) is 7.11 Å². The molecule has 6 heteroatoms. The fraction of sp³-hybridized carbons (Fsp3) is 0.227. The van der Waals surface area contributed by atoms with Crippen LogP contribution in [0.2, 0.25) is 0 Å². The van der Waals surface area contributed by atoms with Gasteiger partial charge in [-0.3, -0.25) is 4.79 Å². The molecule has 0 aliphatic carbocycles. The fourth-order valence-corrected chi connectivity index (χ4v) is 2.97. The minimum atomic E-state index is -0.282. The zero-order valence-electron chi connectivity index (χ0n) is 16.3. The molecule has 28 heavy (non-hydrogen) atoms. The van der Waals surface area contributed by atoms with Gasteiger partial charge in [0.15, 0.2) is 11.5 Å². The first kappa shape index (κ1) is 19.4. The van der Waals surface area contributed by atoms with E-state index in [1.165, 1.54) is 5.56 Å². The van der Waals surface area contributed by atoms with Crippen LogP contribution in [0.4, 0.5) is 11.5 Å². The number of aromatic nitrogens is 2. The molecular formula is C22H24N4O2. The number of anilines is 2. The first-order chi connectivity index (χ1) is 13.6. The molecule has 0 fully saturated rings. The van der Waals surface area contributed by atoms with Gasteiger partial charge < -0.3 is 15.4 Å². The van der Waals surface area contributed by atoms with Crippen LogP contribution in [0.15, 0.2) is 54.6 Å². The lowest BCUT2D eigenvalue weighted by atomic mass is 10.1. The van der Waals surface area contributed by atoms with Gasteiger partial charge in [-0.05, 0) is 42.7 Å². The Bertz CT molecular complexity index is 955. The molecule has 6 nitrogen and oxygen atoms in total. The minimum Gasteiger partial charge on any atom is -0.496 e. The monoisotopic (exact) mass is 376 g/mol. The summed E-state index contributed by atoms with van der Waals surface area (Å²) >= 11 is 0. The standard InChI is InChI=1S/C22H24N4O2/c1-4-16-10-7-8-15(2)21(16)24-20-13-12-18(25-26-20)22(27)23-14-17-9-5-6-11-19(17)28-3/h5-13H,4,14H2,1-3H3,(H,23,27)(H,24,26). The normalized spacial score (nSPS) is 10.4. The van der Waals surface area contributed by atoms with Crippen LogP contribution in [-0.2, 0) is 13.0 Å². The lowest BCUT2D eigenvalue weighted by Crippen LogP contribution is -2.24. The Morgan fingerprint density at radius 1 is 1.00 bits per heavy atom. The van der Waals surface area contributed by atoms with Crippen molar-refractivity contribution >= 4 is 17.4 Å². The molecule has 144 valence electrons. The summed E-state index contributed by atoms with van der Waals surface area (Å²) in [5.41, 5.74) is 4.55. The Morgan fingerprint density at radius 2 is 1.79 bits per heavy atom. The molecule has 0 bridgehead atoms. The summed E-state index contributed by atoms with van der Waals surface area (Å²) in [6.45, 7) is 4.52. The fourth-order valence-electron chi connectivity index (χ4n) is 2.97. The van der Waals surface area contributed by atoms with Gasteiger partial charge in [0.1, 0.15) is 5.75 Å². The molecule has 1 amide bonds. The Kier molecular flexibility index (Phi) is 6.22. The molecule has 3 aromatic rings. The predicted octanol–water partition coefficient (Wildman–Crippen LogP) is 4.03. The molecule has 0 aliphatic rings. The number of para-hydroxylation sites is 2. The van der Waals surface area contributed by atoms with Crippen molar-refractivity contribution in [3.63, 3.8) is 0 Å². The maximum atomic E-state index is 12.4. The average molecular weight is 376 g/mol. The van der Waals surface area contributed by atoms with Crippen LogP contribution in [-0.4, -0.2) is 23.2 Å². The van der Waals surface area contributed by atoms with Crippen LogP contribution in [0.3, 0.4) is 0 Å². The van der Waals surface area contributed by atoms with Crippen LogP contribution >= 0.6 is 0 Å². The number of amides is 1. The molecule has 1 aromatic heterocycles. The number of carbonyl (C=O) groups is 1. The Hall–Kier alpha value is -3.41. The smallest absolute Gasteiger partial charge is 0.272 e. The van der Waals surface area contributed by atoms with Crippen molar-refractivity contribution in [1.82, 2.24) is 15.5 Å². The van der Waals surface area contributed by atoms with Crippen molar-refractivity contribution in [2.45, 2.75) is 26.8 Å². The van der Waals surface area contributed by atoms with E-state index in [1.807, 2.05) is 30.3 Å². The van der Waals surface area contributed by atoms with E-state index in [2.05, 4.69) is 46.8 Å². The molecule has 3 rings (SSSR count). The maximum Gasteiger partial charge on any atom is 0.272 e. The van der Waals surface area contributed by atoms with E-state index < -0.39 is 0 Å². The van der Waals surface area contributed by atoms with E-state index in [1.54, 1.807) is 19.2 Å². The first-order valence-electron chi connectivity index (χ1n) is 9.21. The zero-order chi connectivity index (χ0) is 19.9. The number of hydrogen-bond donors (Lipinski definition) is 2. The lowest BCUT2D eigenvalue weighted by Gasteiger charge is -2.13. The van der Waals surface area contributed by atoms with E-state index >= 15 is 0 Å². The van der Waals surface area contributed by atoms with Crippen molar-refractivity contribution in [1.29, 1.82) is 0 Å². The van der Waals surface area contributed by atoms with Gasteiger partial charge in [-0.2, -0.15) is 0 Å². The first-order valence-corrected chi connectivity index (χ1v) is 9.21. The average Bonchev–Trinajstić information content (AvgIpc) is 2.74. The van der Waals surface area contributed by atoms with Gasteiger partial charge >= 0.3 is 0 Å². The molecule has 1 heterocycles. The molecule has 0 saturated carbocycles. The Morgan fingerprint density at radius 3 is 2.50 bits per heavy atom. The number of nitrogens with one attached hydrogen (secondary N) is 2. The van der Waals surface area contributed by atoms with Gasteiger partial charge in [-0.1, -0.05) is 43.3 Å². The van der Waals surface area contributed by atoms with Crippen molar-refractivity contribution in [2.75, 3.05) is 12.4 Å². The van der Waals surface area contributed by atoms with Crippen LogP contribution in [0.25, 0.3) is 0 Å². The molecule has 0 atom stereocenters. The van der Waals surface area contributed by atoms with Crippen LogP contribution < -0.4 is 15.4 Å². The van der Waals surface area contributed by atoms with E-state index in [-0.39, 0.29) is 11.6 Å². The van der Waals surface area contributed by atoms with Crippen molar-refractivity contribution in [2.24, 2.45) is 0 Å². The number of aryl methyl sites for hydroxylation is 2. The van der Waals surface area contributed by atoms with Gasteiger partial charge in [0.25, 0.3) is 5.91 Å². The Labute approximate surface area is 165 Å². The summed E-state index contributed by atoms with van der Waals surface area (Å²) in [7, 11) is 1.61. The van der Waals surface area contributed by atoms with Gasteiger partial charge in [0.2, 0.25) is 0 Å². The molecule has 0 radical (unpaired) electrons. The van der Waals surface area contributed by atoms with Crippen LogP contribution in [0.1, 0.15) is 34.1 Å². The van der Waals surface area contributed by atoms with Gasteiger partial charge in [-0.25, -0.2) is 0 Å². The highest BCUT2D eigenvalue weighted by molar-refractivity contribution is 5.92. The SMILES string of the molecule is CCc1cccc(C)c1Nc1ccc(C(=O)NCc2ccccc2OC)nn1. The summed E-state index contributed by atoms with van der Waals surface area (Å²) in [4.78, 5) is 12.4. The third-order valence-electron chi connectivity index (χ3n) is 4.52. The predicted molar refractivity (Wildman–Crippen MR) is 110 cm³/mol. The quantitative estimate of drug-likeness (QED) is 0.651. The van der Waals surface area contributed by atoms with Crippen molar-refractivity contribution in [3.8, 4) is 5.75 Å². The molecule has 0 unspecified atom stereocenters. The summed E-state index contributed by atoms with van der Waals surface area (Å²) in [5.74, 6) is 1.05. The van der Waals surface area contributed by atoms with Gasteiger partial charge in [0, 0.05) is 17.8 Å². The van der Waals surface area contributed by atoms with Crippen molar-refractivity contribution in [3.05, 3.63) is 77.0 Å². The molecule has 2 aromatic carbocycles. The number of benzene rings is 2. The van der Waals surface area contributed by atoms with E-state index in [4.69, 9.17) is 4.74 Å². The highest BCUT2D eigenvalue weighted by Crippen LogP contribution is 2.24. The zero-order valence-corrected chi connectivity index (χ0v) is 16.3.